The summed E-state index contributed by atoms with van der Waals surface area (Å²) in [6.45, 7) is -0.199. The van der Waals surface area contributed by atoms with Gasteiger partial charge in [0.05, 0.1) is 33.9 Å². The van der Waals surface area contributed by atoms with Crippen molar-refractivity contribution in [3.8, 4) is 16.3 Å². The number of sulfonamides is 2. The van der Waals surface area contributed by atoms with Crippen LogP contribution in [0.25, 0.3) is 10.6 Å². The lowest BCUT2D eigenvalue weighted by atomic mass is 10.1. The molecule has 2 aromatic carbocycles. The largest absolute Gasteiger partial charge is 0.505 e. The van der Waals surface area contributed by atoms with E-state index in [0.717, 1.165) is 34.4 Å². The molecule has 39 heavy (non-hydrogen) atoms. The van der Waals surface area contributed by atoms with Gasteiger partial charge in [-0.1, -0.05) is 17.7 Å². The molecule has 0 saturated carbocycles. The second-order valence-electron chi connectivity index (χ2n) is 8.27. The van der Waals surface area contributed by atoms with Crippen molar-refractivity contribution in [2.45, 2.75) is 11.4 Å². The zero-order valence-corrected chi connectivity index (χ0v) is 22.8. The van der Waals surface area contributed by atoms with Crippen LogP contribution in [0.1, 0.15) is 11.1 Å². The first-order chi connectivity index (χ1) is 18.3. The van der Waals surface area contributed by atoms with Crippen molar-refractivity contribution in [3.05, 3.63) is 80.4 Å². The Morgan fingerprint density at radius 2 is 2.00 bits per heavy atom. The number of benzene rings is 2. The number of anilines is 2. The highest BCUT2D eigenvalue weighted by molar-refractivity contribution is 7.92. The third-order valence-corrected chi connectivity index (χ3v) is 8.37. The zero-order chi connectivity index (χ0) is 28.1. The molecule has 2 aromatic heterocycles. The highest BCUT2D eigenvalue weighted by Gasteiger charge is 2.31. The van der Waals surface area contributed by atoms with Crippen LogP contribution < -0.4 is 15.6 Å². The summed E-state index contributed by atoms with van der Waals surface area (Å²) in [4.78, 5) is 17.5. The fourth-order valence-electron chi connectivity index (χ4n) is 3.74. The molecule has 4 aromatic rings. The predicted octanol–water partition coefficient (Wildman–Crippen LogP) is 2.85. The molecule has 0 atom stereocenters. The molecule has 17 heteroatoms. The van der Waals surface area contributed by atoms with Gasteiger partial charge in [0.1, 0.15) is 22.0 Å². The Kier molecular flexibility index (Phi) is 6.66. The second kappa shape index (κ2) is 9.71. The Bertz CT molecular complexity index is 1940. The Morgan fingerprint density at radius 3 is 2.67 bits per heavy atom. The predicted molar refractivity (Wildman–Crippen MR) is 144 cm³/mol. The molecule has 0 bridgehead atoms. The maximum Gasteiger partial charge on any atom is 0.286 e. The molecule has 0 fully saturated rings. The van der Waals surface area contributed by atoms with Crippen LogP contribution in [0.4, 0.5) is 15.8 Å². The number of rotatable bonds is 6. The van der Waals surface area contributed by atoms with Crippen molar-refractivity contribution >= 4 is 60.2 Å². The fourth-order valence-corrected chi connectivity index (χ4v) is 6.25. The van der Waals surface area contributed by atoms with Gasteiger partial charge in [-0.15, -0.1) is 15.7 Å². The maximum absolute atomic E-state index is 13.7. The smallest absolute Gasteiger partial charge is 0.286 e. The van der Waals surface area contributed by atoms with Crippen molar-refractivity contribution in [1.82, 2.24) is 14.8 Å². The van der Waals surface area contributed by atoms with Gasteiger partial charge in [0.15, 0.2) is 11.6 Å². The molecule has 3 heterocycles. The average Bonchev–Trinajstić information content (AvgIpc) is 3.37. The van der Waals surface area contributed by atoms with E-state index in [4.69, 9.17) is 11.6 Å². The molecule has 5 rings (SSSR count). The number of aromatic nitrogens is 3. The van der Waals surface area contributed by atoms with E-state index in [1.54, 1.807) is 0 Å². The number of hydrogen-bond acceptors (Lipinski definition) is 10. The minimum Gasteiger partial charge on any atom is -0.505 e. The monoisotopic (exact) mass is 610 g/mol. The summed E-state index contributed by atoms with van der Waals surface area (Å²) in [5.74, 6) is -1.78. The van der Waals surface area contributed by atoms with Gasteiger partial charge in [-0.05, 0) is 35.9 Å². The van der Waals surface area contributed by atoms with Crippen LogP contribution in [0.3, 0.4) is 0 Å². The molecule has 0 spiro atoms. The number of aromatic hydroxyl groups is 1. The summed E-state index contributed by atoms with van der Waals surface area (Å²) < 4.78 is 69.8. The highest BCUT2D eigenvalue weighted by Crippen LogP contribution is 2.35. The van der Waals surface area contributed by atoms with Crippen LogP contribution in [0, 0.1) is 5.82 Å². The maximum atomic E-state index is 13.7. The van der Waals surface area contributed by atoms with Crippen molar-refractivity contribution in [2.75, 3.05) is 16.3 Å². The quantitative estimate of drug-likeness (QED) is 0.297. The fraction of sp³-hybridized carbons (Fsp3) is 0.0909. The van der Waals surface area contributed by atoms with Gasteiger partial charge in [-0.3, -0.25) is 14.5 Å². The molecule has 12 nitrogen and oxygen atoms in total. The average molecular weight is 611 g/mol. The summed E-state index contributed by atoms with van der Waals surface area (Å²) in [5.41, 5.74) is 0.400. The Morgan fingerprint density at radius 1 is 1.23 bits per heavy atom. The van der Waals surface area contributed by atoms with Crippen LogP contribution in [-0.4, -0.2) is 48.8 Å². The first-order valence-corrected chi connectivity index (χ1v) is 15.3. The van der Waals surface area contributed by atoms with Gasteiger partial charge < -0.3 is 10.4 Å². The van der Waals surface area contributed by atoms with Crippen LogP contribution in [0.15, 0.2) is 62.2 Å². The van der Waals surface area contributed by atoms with Crippen molar-refractivity contribution in [3.63, 3.8) is 0 Å². The second-order valence-corrected chi connectivity index (χ2v) is 12.9. The lowest BCUT2D eigenvalue weighted by Gasteiger charge is -2.20. The SMILES string of the molecule is CS(=O)(=O)Nc1ccc2c(c1)S(=O)(=O)N=C(c1c(O)c(-c3cncs3)nn(Cc3ccc(F)c(Cl)c3)c1=O)N2. The van der Waals surface area contributed by atoms with Crippen molar-refractivity contribution < 1.29 is 26.3 Å². The summed E-state index contributed by atoms with van der Waals surface area (Å²) in [6, 6.07) is 7.51. The molecule has 0 saturated heterocycles. The number of nitrogens with one attached hydrogen (secondary N) is 2. The van der Waals surface area contributed by atoms with Gasteiger partial charge in [0.2, 0.25) is 10.0 Å². The number of fused-ring (bicyclic) bond motifs is 1. The van der Waals surface area contributed by atoms with Gasteiger partial charge in [-0.25, -0.2) is 17.5 Å². The van der Waals surface area contributed by atoms with Gasteiger partial charge in [0.25, 0.3) is 15.6 Å². The molecule has 0 unspecified atom stereocenters. The first-order valence-electron chi connectivity index (χ1n) is 10.7. The topological polar surface area (TPSA) is 173 Å². The van der Waals surface area contributed by atoms with Crippen LogP contribution in [-0.2, 0) is 26.6 Å². The van der Waals surface area contributed by atoms with Crippen molar-refractivity contribution in [2.24, 2.45) is 4.40 Å². The number of halogens is 2. The van der Waals surface area contributed by atoms with E-state index in [1.165, 1.54) is 36.0 Å². The molecule has 202 valence electrons. The van der Waals surface area contributed by atoms with Crippen molar-refractivity contribution in [1.29, 1.82) is 0 Å². The van der Waals surface area contributed by atoms with Gasteiger partial charge >= 0.3 is 0 Å². The molecule has 1 aliphatic heterocycles. The number of thiazole rings is 1. The summed E-state index contributed by atoms with van der Waals surface area (Å²) in [7, 11) is -8.14. The van der Waals surface area contributed by atoms with E-state index in [-0.39, 0.29) is 33.5 Å². The minimum atomic E-state index is -4.46. The van der Waals surface area contributed by atoms with Gasteiger partial charge in [0, 0.05) is 11.9 Å². The molecule has 0 radical (unpaired) electrons. The van der Waals surface area contributed by atoms with E-state index >= 15 is 0 Å². The van der Waals surface area contributed by atoms with Gasteiger partial charge in [-0.2, -0.15) is 13.5 Å². The molecule has 0 aliphatic carbocycles. The Labute approximate surface area is 229 Å². The van der Waals surface area contributed by atoms with Crippen LogP contribution in [0.2, 0.25) is 5.02 Å². The van der Waals surface area contributed by atoms with E-state index in [1.807, 2.05) is 0 Å². The normalized spacial score (nSPS) is 14.3. The molecular formula is C22H16ClFN6O6S3. The lowest BCUT2D eigenvalue weighted by Crippen LogP contribution is -2.34. The Balaban J connectivity index is 1.66. The van der Waals surface area contributed by atoms with E-state index in [9.17, 15) is 31.1 Å². The summed E-state index contributed by atoms with van der Waals surface area (Å²) in [5, 5.41) is 17.9. The standard InChI is InChI=1S/C22H16ClFN6O6S3/c1-38(33,34)28-12-3-5-15-17(7-12)39(35,36)29-21(26-15)18-20(31)19(16-8-25-10-37-16)27-30(22(18)32)9-11-2-4-14(24)13(23)6-11/h2-8,10,28,31H,9H2,1H3,(H,26,29). The number of hydrogen-bond donors (Lipinski definition) is 3. The van der Waals surface area contributed by atoms with Crippen LogP contribution in [0.5, 0.6) is 5.75 Å². The number of nitrogens with zero attached hydrogens (tertiary/aromatic N) is 4. The third kappa shape index (κ3) is 5.36. The summed E-state index contributed by atoms with van der Waals surface area (Å²) in [6.07, 6.45) is 2.31. The highest BCUT2D eigenvalue weighted by atomic mass is 35.5. The van der Waals surface area contributed by atoms with E-state index in [2.05, 4.69) is 24.5 Å². The molecule has 3 N–H and O–H groups in total. The zero-order valence-electron chi connectivity index (χ0n) is 19.6. The van der Waals surface area contributed by atoms with E-state index in [0.29, 0.717) is 10.4 Å². The Hall–Kier alpha value is -3.86. The molecular weight excluding hydrogens is 595 g/mol. The first kappa shape index (κ1) is 26.7. The lowest BCUT2D eigenvalue weighted by molar-refractivity contribution is 0.464. The summed E-state index contributed by atoms with van der Waals surface area (Å²) >= 11 is 6.98. The third-order valence-electron chi connectivity index (χ3n) is 5.38. The van der Waals surface area contributed by atoms with E-state index < -0.39 is 48.6 Å². The minimum absolute atomic E-state index is 0.00845. The molecule has 0 amide bonds. The number of amidine groups is 1. The van der Waals surface area contributed by atoms with Crippen LogP contribution >= 0.6 is 22.9 Å². The molecule has 1 aliphatic rings.